The Labute approximate surface area is 177 Å². The van der Waals surface area contributed by atoms with Crippen LogP contribution in [-0.2, 0) is 25.8 Å². The minimum atomic E-state index is -4.58. The van der Waals surface area contributed by atoms with Crippen molar-refractivity contribution in [3.8, 4) is 17.2 Å². The van der Waals surface area contributed by atoms with Gasteiger partial charge in [0.05, 0.1) is 4.90 Å². The van der Waals surface area contributed by atoms with Crippen molar-refractivity contribution in [2.24, 2.45) is 0 Å². The van der Waals surface area contributed by atoms with Gasteiger partial charge < -0.3 is 9.47 Å². The summed E-state index contributed by atoms with van der Waals surface area (Å²) < 4.78 is 78.4. The van der Waals surface area contributed by atoms with Gasteiger partial charge in [-0.3, -0.25) is 9.11 Å². The number of ether oxygens (including phenoxy) is 2. The number of para-hydroxylation sites is 2. The van der Waals surface area contributed by atoms with Gasteiger partial charge in [-0.15, -0.1) is 0 Å². The molecular formula is C21H14O8S2. The van der Waals surface area contributed by atoms with Gasteiger partial charge in [-0.1, -0.05) is 36.4 Å². The van der Waals surface area contributed by atoms with Crippen LogP contribution in [0.4, 0.5) is 0 Å². The lowest BCUT2D eigenvalue weighted by Gasteiger charge is -2.40. The summed E-state index contributed by atoms with van der Waals surface area (Å²) in [5, 5.41) is 0. The third kappa shape index (κ3) is 3.03. The van der Waals surface area contributed by atoms with E-state index in [1.165, 1.54) is 30.3 Å². The predicted octanol–water partition coefficient (Wildman–Crippen LogP) is 3.64. The Hall–Kier alpha value is -3.18. The minimum Gasteiger partial charge on any atom is -0.471 e. The average Bonchev–Trinajstić information content (AvgIpc) is 2.72. The van der Waals surface area contributed by atoms with Crippen molar-refractivity contribution in [3.05, 3.63) is 83.4 Å². The van der Waals surface area contributed by atoms with E-state index in [1.54, 1.807) is 42.5 Å². The molecule has 0 amide bonds. The molecule has 0 saturated carbocycles. The highest BCUT2D eigenvalue weighted by Crippen LogP contribution is 2.53. The van der Waals surface area contributed by atoms with Crippen LogP contribution in [0.3, 0.4) is 0 Å². The first-order valence-corrected chi connectivity index (χ1v) is 11.9. The van der Waals surface area contributed by atoms with E-state index in [0.717, 1.165) is 0 Å². The van der Waals surface area contributed by atoms with E-state index in [-0.39, 0.29) is 16.4 Å². The summed E-state index contributed by atoms with van der Waals surface area (Å²) in [6, 6.07) is 15.0. The zero-order valence-corrected chi connectivity index (χ0v) is 17.2. The lowest BCUT2D eigenvalue weighted by Crippen LogP contribution is -2.37. The molecule has 2 heterocycles. The third-order valence-corrected chi connectivity index (χ3v) is 6.93. The summed E-state index contributed by atoms with van der Waals surface area (Å²) in [6.07, 6.45) is 3.37. The van der Waals surface area contributed by atoms with Gasteiger partial charge in [0, 0.05) is 22.8 Å². The van der Waals surface area contributed by atoms with E-state index < -0.39 is 30.7 Å². The Kier molecular flexibility index (Phi) is 4.09. The van der Waals surface area contributed by atoms with Crippen molar-refractivity contribution in [1.82, 2.24) is 0 Å². The van der Waals surface area contributed by atoms with Gasteiger partial charge in [-0.2, -0.15) is 16.8 Å². The maximum atomic E-state index is 12.0. The molecule has 1 spiro atoms. The molecule has 2 aliphatic heterocycles. The van der Waals surface area contributed by atoms with Gasteiger partial charge in [0.1, 0.15) is 22.1 Å². The summed E-state index contributed by atoms with van der Waals surface area (Å²) in [5.41, 5.74) is 0.0241. The van der Waals surface area contributed by atoms with Crippen molar-refractivity contribution < 1.29 is 35.4 Å². The molecule has 1 atom stereocenters. The SMILES string of the molecule is O=S(=O)(O)c1ccc2c(c1)Oc1ccccc1C21C=Cc2cccc(S(=O)(=O)O)c2O1. The summed E-state index contributed by atoms with van der Waals surface area (Å²) in [4.78, 5) is -0.756. The number of hydrogen-bond acceptors (Lipinski definition) is 6. The van der Waals surface area contributed by atoms with Crippen LogP contribution >= 0.6 is 0 Å². The van der Waals surface area contributed by atoms with E-state index in [4.69, 9.17) is 9.47 Å². The van der Waals surface area contributed by atoms with E-state index in [0.29, 0.717) is 22.4 Å². The molecule has 2 aliphatic rings. The fraction of sp³-hybridized carbons (Fsp3) is 0.0476. The van der Waals surface area contributed by atoms with Gasteiger partial charge in [0.25, 0.3) is 20.2 Å². The molecular weight excluding hydrogens is 444 g/mol. The molecule has 0 bridgehead atoms. The number of fused-ring (bicyclic) bond motifs is 5. The zero-order valence-electron chi connectivity index (χ0n) is 15.6. The molecule has 31 heavy (non-hydrogen) atoms. The Morgan fingerprint density at radius 1 is 0.774 bits per heavy atom. The molecule has 0 fully saturated rings. The van der Waals surface area contributed by atoms with Gasteiger partial charge in [-0.25, -0.2) is 0 Å². The molecule has 3 aromatic rings. The second-order valence-electron chi connectivity index (χ2n) is 7.05. The summed E-state index contributed by atoms with van der Waals surface area (Å²) in [5.74, 6) is 0.431. The zero-order chi connectivity index (χ0) is 22.0. The summed E-state index contributed by atoms with van der Waals surface area (Å²) in [7, 11) is -9.06. The first-order valence-electron chi connectivity index (χ1n) is 8.98. The van der Waals surface area contributed by atoms with Crippen LogP contribution in [0, 0.1) is 0 Å². The van der Waals surface area contributed by atoms with Crippen molar-refractivity contribution in [3.63, 3.8) is 0 Å². The Bertz CT molecular complexity index is 1490. The van der Waals surface area contributed by atoms with Gasteiger partial charge in [0.2, 0.25) is 0 Å². The smallest absolute Gasteiger partial charge is 0.298 e. The van der Waals surface area contributed by atoms with Crippen molar-refractivity contribution in [1.29, 1.82) is 0 Å². The molecule has 8 nitrogen and oxygen atoms in total. The standard InChI is InChI=1S/C21H14O8S2/c22-30(23,24)14-8-9-16-18(12-14)28-17-6-2-1-5-15(17)21(16)11-10-13-4-3-7-19(20(13)29-21)31(25,26)27/h1-12H,(H,22,23,24)(H,25,26,27). The first kappa shape index (κ1) is 19.8. The second-order valence-corrected chi connectivity index (χ2v) is 9.86. The van der Waals surface area contributed by atoms with Gasteiger partial charge >= 0.3 is 0 Å². The van der Waals surface area contributed by atoms with Crippen LogP contribution in [0.25, 0.3) is 6.08 Å². The van der Waals surface area contributed by atoms with Crippen LogP contribution in [-0.4, -0.2) is 25.9 Å². The maximum Gasteiger partial charge on any atom is 0.298 e. The monoisotopic (exact) mass is 458 g/mol. The van der Waals surface area contributed by atoms with Crippen molar-refractivity contribution in [2.75, 3.05) is 0 Å². The number of benzene rings is 3. The first-order chi connectivity index (χ1) is 14.6. The van der Waals surface area contributed by atoms with E-state index in [9.17, 15) is 25.9 Å². The van der Waals surface area contributed by atoms with Crippen LogP contribution in [0.5, 0.6) is 17.2 Å². The lowest BCUT2D eigenvalue weighted by molar-refractivity contribution is 0.141. The molecule has 0 saturated heterocycles. The van der Waals surface area contributed by atoms with Crippen molar-refractivity contribution >= 4 is 26.3 Å². The van der Waals surface area contributed by atoms with E-state index in [1.807, 2.05) is 0 Å². The molecule has 0 aromatic heterocycles. The van der Waals surface area contributed by atoms with E-state index in [2.05, 4.69) is 0 Å². The normalized spacial score (nSPS) is 19.0. The fourth-order valence-electron chi connectivity index (χ4n) is 3.85. The van der Waals surface area contributed by atoms with Crippen LogP contribution in [0.2, 0.25) is 0 Å². The molecule has 0 aliphatic carbocycles. The molecule has 1 unspecified atom stereocenters. The molecule has 0 radical (unpaired) electrons. The summed E-state index contributed by atoms with van der Waals surface area (Å²) >= 11 is 0. The topological polar surface area (TPSA) is 127 Å². The Balaban J connectivity index is 1.80. The fourth-order valence-corrected chi connectivity index (χ4v) is 4.99. The van der Waals surface area contributed by atoms with Crippen LogP contribution < -0.4 is 9.47 Å². The maximum absolute atomic E-state index is 12.0. The molecule has 5 rings (SSSR count). The van der Waals surface area contributed by atoms with Gasteiger partial charge in [0.15, 0.2) is 5.60 Å². The highest BCUT2D eigenvalue weighted by atomic mass is 32.2. The Morgan fingerprint density at radius 3 is 2.26 bits per heavy atom. The molecule has 3 aromatic carbocycles. The quantitative estimate of drug-likeness (QED) is 0.557. The predicted molar refractivity (Wildman–Crippen MR) is 109 cm³/mol. The highest BCUT2D eigenvalue weighted by Gasteiger charge is 2.45. The minimum absolute atomic E-state index is 0.0472. The molecule has 2 N–H and O–H groups in total. The number of rotatable bonds is 2. The molecule has 158 valence electrons. The lowest BCUT2D eigenvalue weighted by atomic mass is 9.81. The second kappa shape index (κ2) is 6.41. The highest BCUT2D eigenvalue weighted by molar-refractivity contribution is 7.86. The van der Waals surface area contributed by atoms with E-state index >= 15 is 0 Å². The Morgan fingerprint density at radius 2 is 1.52 bits per heavy atom. The van der Waals surface area contributed by atoms with Crippen molar-refractivity contribution in [2.45, 2.75) is 15.4 Å². The largest absolute Gasteiger partial charge is 0.471 e. The number of hydrogen-bond donors (Lipinski definition) is 2. The van der Waals surface area contributed by atoms with Crippen LogP contribution in [0.15, 0.2) is 76.5 Å². The summed E-state index contributed by atoms with van der Waals surface area (Å²) in [6.45, 7) is 0. The third-order valence-electron chi connectivity index (χ3n) is 5.21. The molecule has 10 heteroatoms. The van der Waals surface area contributed by atoms with Crippen LogP contribution in [0.1, 0.15) is 16.7 Å². The average molecular weight is 458 g/mol. The van der Waals surface area contributed by atoms with Gasteiger partial charge in [-0.05, 0) is 30.3 Å².